The molecule has 1 aliphatic heterocycles. The highest BCUT2D eigenvalue weighted by Crippen LogP contribution is 2.11. The molecule has 0 atom stereocenters. The summed E-state index contributed by atoms with van der Waals surface area (Å²) in [4.78, 5) is 19.5. The van der Waals surface area contributed by atoms with Crippen LogP contribution in [-0.2, 0) is 0 Å². The van der Waals surface area contributed by atoms with Crippen molar-refractivity contribution in [1.29, 1.82) is 0 Å². The first-order chi connectivity index (χ1) is 9.16. The van der Waals surface area contributed by atoms with Gasteiger partial charge in [-0.15, -0.1) is 0 Å². The number of likely N-dealkylation sites (N-methyl/N-ethyl adjacent to an activating group) is 2. The smallest absolute Gasteiger partial charge is 0.230 e. The van der Waals surface area contributed by atoms with Gasteiger partial charge >= 0.3 is 0 Å². The molecule has 0 amide bonds. The third-order valence-corrected chi connectivity index (χ3v) is 3.17. The predicted octanol–water partition coefficient (Wildman–Crippen LogP) is -0.721. The second kappa shape index (κ2) is 6.63. The fourth-order valence-corrected chi connectivity index (χ4v) is 1.93. The Kier molecular flexibility index (Phi) is 4.86. The molecule has 0 bridgehead atoms. The van der Waals surface area contributed by atoms with E-state index in [1.54, 1.807) is 6.33 Å². The highest BCUT2D eigenvalue weighted by atomic mass is 15.3. The van der Waals surface area contributed by atoms with E-state index in [0.717, 1.165) is 51.2 Å². The zero-order valence-electron chi connectivity index (χ0n) is 12.0. The monoisotopic (exact) mass is 265 g/mol. The van der Waals surface area contributed by atoms with Crippen molar-refractivity contribution in [3.63, 3.8) is 0 Å². The van der Waals surface area contributed by atoms with Gasteiger partial charge in [0.25, 0.3) is 0 Å². The van der Waals surface area contributed by atoms with Crippen LogP contribution in [0.2, 0.25) is 0 Å². The van der Waals surface area contributed by atoms with Crippen LogP contribution in [0, 0.1) is 0 Å². The molecule has 0 aliphatic carbocycles. The minimum atomic E-state index is 0.741. The first-order valence-corrected chi connectivity index (χ1v) is 6.67. The topological polar surface area (TPSA) is 60.4 Å². The number of aromatic nitrogens is 3. The van der Waals surface area contributed by atoms with Gasteiger partial charge in [0, 0.05) is 46.3 Å². The lowest BCUT2D eigenvalue weighted by atomic mass is 10.4. The van der Waals surface area contributed by atoms with Crippen LogP contribution in [0.1, 0.15) is 0 Å². The summed E-state index contributed by atoms with van der Waals surface area (Å²) >= 11 is 0. The van der Waals surface area contributed by atoms with Gasteiger partial charge in [-0.25, -0.2) is 9.97 Å². The summed E-state index contributed by atoms with van der Waals surface area (Å²) in [5, 5.41) is 3.33. The Morgan fingerprint density at radius 3 is 2.58 bits per heavy atom. The molecule has 2 rings (SSSR count). The highest BCUT2D eigenvalue weighted by Gasteiger charge is 2.14. The van der Waals surface area contributed by atoms with E-state index in [1.807, 2.05) is 7.05 Å². The summed E-state index contributed by atoms with van der Waals surface area (Å²) in [5.41, 5.74) is 0. The van der Waals surface area contributed by atoms with Crippen LogP contribution in [0.15, 0.2) is 6.33 Å². The Labute approximate surface area is 114 Å². The number of rotatable bonds is 5. The van der Waals surface area contributed by atoms with Crippen molar-refractivity contribution in [2.24, 2.45) is 0 Å². The Hall–Kier alpha value is -1.47. The standard InChI is InChI=1S/C12H23N7/c1-17(2)8-9-18(3)11-14-10-15-12(16-11)19-6-4-13-5-7-19/h10,13H,4-9H2,1-3H3. The molecule has 2 heterocycles. The van der Waals surface area contributed by atoms with Gasteiger partial charge in [-0.05, 0) is 14.1 Å². The molecular weight excluding hydrogens is 242 g/mol. The number of nitrogens with one attached hydrogen (secondary N) is 1. The van der Waals surface area contributed by atoms with Crippen molar-refractivity contribution in [1.82, 2.24) is 25.2 Å². The maximum atomic E-state index is 4.56. The normalized spacial score (nSPS) is 15.9. The molecule has 1 saturated heterocycles. The second-order valence-corrected chi connectivity index (χ2v) is 5.05. The van der Waals surface area contributed by atoms with Crippen LogP contribution in [0.5, 0.6) is 0 Å². The van der Waals surface area contributed by atoms with E-state index in [9.17, 15) is 0 Å². The van der Waals surface area contributed by atoms with E-state index < -0.39 is 0 Å². The molecule has 1 fully saturated rings. The fraction of sp³-hybridized carbons (Fsp3) is 0.750. The first-order valence-electron chi connectivity index (χ1n) is 6.67. The minimum absolute atomic E-state index is 0.741. The fourth-order valence-electron chi connectivity index (χ4n) is 1.93. The summed E-state index contributed by atoms with van der Waals surface area (Å²) in [5.74, 6) is 1.52. The van der Waals surface area contributed by atoms with Crippen LogP contribution in [0.25, 0.3) is 0 Å². The van der Waals surface area contributed by atoms with E-state index in [2.05, 4.69) is 49.1 Å². The Bertz CT molecular complexity index is 389. The third kappa shape index (κ3) is 4.00. The van der Waals surface area contributed by atoms with Crippen LogP contribution in [-0.4, -0.2) is 80.3 Å². The van der Waals surface area contributed by atoms with Gasteiger partial charge in [0.2, 0.25) is 11.9 Å². The summed E-state index contributed by atoms with van der Waals surface area (Å²) < 4.78 is 0. The van der Waals surface area contributed by atoms with Crippen LogP contribution in [0.3, 0.4) is 0 Å². The lowest BCUT2D eigenvalue weighted by Gasteiger charge is -2.28. The second-order valence-electron chi connectivity index (χ2n) is 5.05. The zero-order chi connectivity index (χ0) is 13.7. The SMILES string of the molecule is CN(C)CCN(C)c1ncnc(N2CCNCC2)n1. The lowest BCUT2D eigenvalue weighted by molar-refractivity contribution is 0.415. The molecule has 1 aromatic rings. The average molecular weight is 265 g/mol. The van der Waals surface area contributed by atoms with E-state index in [-0.39, 0.29) is 0 Å². The van der Waals surface area contributed by atoms with Crippen LogP contribution < -0.4 is 15.1 Å². The largest absolute Gasteiger partial charge is 0.342 e. The average Bonchev–Trinajstić information content (AvgIpc) is 2.46. The molecule has 19 heavy (non-hydrogen) atoms. The summed E-state index contributed by atoms with van der Waals surface area (Å²) in [6, 6.07) is 0. The van der Waals surface area contributed by atoms with Gasteiger partial charge in [0.1, 0.15) is 6.33 Å². The predicted molar refractivity (Wildman–Crippen MR) is 76.7 cm³/mol. The molecule has 0 aromatic carbocycles. The van der Waals surface area contributed by atoms with Crippen LogP contribution in [0.4, 0.5) is 11.9 Å². The van der Waals surface area contributed by atoms with Gasteiger partial charge in [-0.2, -0.15) is 4.98 Å². The molecule has 1 aliphatic rings. The highest BCUT2D eigenvalue weighted by molar-refractivity contribution is 5.37. The number of piperazine rings is 1. The molecule has 0 radical (unpaired) electrons. The Morgan fingerprint density at radius 1 is 1.16 bits per heavy atom. The molecule has 0 spiro atoms. The maximum Gasteiger partial charge on any atom is 0.230 e. The van der Waals surface area contributed by atoms with Gasteiger partial charge in [0.15, 0.2) is 0 Å². The molecule has 0 unspecified atom stereocenters. The quantitative estimate of drug-likeness (QED) is 0.754. The van der Waals surface area contributed by atoms with Gasteiger partial charge in [-0.1, -0.05) is 0 Å². The number of hydrogen-bond donors (Lipinski definition) is 1. The van der Waals surface area contributed by atoms with E-state index in [1.165, 1.54) is 0 Å². The lowest BCUT2D eigenvalue weighted by Crippen LogP contribution is -2.44. The van der Waals surface area contributed by atoms with E-state index in [4.69, 9.17) is 0 Å². The Balaban J connectivity index is 2.01. The summed E-state index contributed by atoms with van der Waals surface area (Å²) in [6.07, 6.45) is 1.60. The molecule has 0 saturated carbocycles. The van der Waals surface area contributed by atoms with Crippen molar-refractivity contribution in [2.75, 3.05) is 70.2 Å². The summed E-state index contributed by atoms with van der Waals surface area (Å²) in [7, 11) is 6.14. The molecule has 1 N–H and O–H groups in total. The maximum absolute atomic E-state index is 4.56. The van der Waals surface area contributed by atoms with Crippen molar-refractivity contribution in [3.05, 3.63) is 6.33 Å². The van der Waals surface area contributed by atoms with Crippen molar-refractivity contribution in [2.45, 2.75) is 0 Å². The summed E-state index contributed by atoms with van der Waals surface area (Å²) in [6.45, 7) is 5.74. The number of hydrogen-bond acceptors (Lipinski definition) is 7. The molecule has 7 nitrogen and oxygen atoms in total. The van der Waals surface area contributed by atoms with E-state index >= 15 is 0 Å². The van der Waals surface area contributed by atoms with Crippen molar-refractivity contribution in [3.8, 4) is 0 Å². The molecule has 1 aromatic heterocycles. The van der Waals surface area contributed by atoms with Gasteiger partial charge in [0.05, 0.1) is 0 Å². The number of nitrogens with zero attached hydrogens (tertiary/aromatic N) is 6. The van der Waals surface area contributed by atoms with Gasteiger partial charge in [-0.3, -0.25) is 0 Å². The minimum Gasteiger partial charge on any atom is -0.342 e. The van der Waals surface area contributed by atoms with E-state index in [0.29, 0.717) is 0 Å². The van der Waals surface area contributed by atoms with Crippen molar-refractivity contribution < 1.29 is 0 Å². The van der Waals surface area contributed by atoms with Gasteiger partial charge < -0.3 is 20.0 Å². The van der Waals surface area contributed by atoms with Crippen LogP contribution >= 0.6 is 0 Å². The number of anilines is 2. The van der Waals surface area contributed by atoms with Crippen molar-refractivity contribution >= 4 is 11.9 Å². The third-order valence-electron chi connectivity index (χ3n) is 3.17. The first kappa shape index (κ1) is 14.0. The molecule has 7 heteroatoms. The Morgan fingerprint density at radius 2 is 1.89 bits per heavy atom. The molecule has 106 valence electrons. The zero-order valence-corrected chi connectivity index (χ0v) is 12.0. The molecular formula is C12H23N7.